The average Bonchev–Trinajstić information content (AvgIpc) is 2.67. The predicted molar refractivity (Wildman–Crippen MR) is 98.0 cm³/mol. The second-order valence-corrected chi connectivity index (χ2v) is 6.58. The first-order chi connectivity index (χ1) is 12.3. The maximum absolute atomic E-state index is 13.0. The SMILES string of the molecule is COc1cccc(C2c3ccccc3NC(=O)N2C2CCNCC2)c1. The Hall–Kier alpha value is -2.53. The van der Waals surface area contributed by atoms with Crippen molar-refractivity contribution in [3.8, 4) is 5.75 Å². The standard InChI is InChI=1S/C20H23N3O2/c1-25-16-6-4-5-14(13-16)19-17-7-2-3-8-18(17)22-20(24)23(19)15-9-11-21-12-10-15/h2-8,13,15,19,21H,9-12H2,1H3,(H,22,24). The fourth-order valence-electron chi connectivity index (χ4n) is 3.91. The average molecular weight is 337 g/mol. The van der Waals surface area contributed by atoms with Crippen molar-refractivity contribution in [3.63, 3.8) is 0 Å². The Kier molecular flexibility index (Phi) is 4.32. The van der Waals surface area contributed by atoms with Gasteiger partial charge in [0.1, 0.15) is 5.75 Å². The van der Waals surface area contributed by atoms with E-state index in [1.807, 2.05) is 41.3 Å². The molecule has 0 bridgehead atoms. The van der Waals surface area contributed by atoms with Crippen LogP contribution in [0.15, 0.2) is 48.5 Å². The molecule has 130 valence electrons. The fourth-order valence-corrected chi connectivity index (χ4v) is 3.91. The largest absolute Gasteiger partial charge is 0.497 e. The Morgan fingerprint density at radius 2 is 1.88 bits per heavy atom. The number of fused-ring (bicyclic) bond motifs is 1. The first-order valence-electron chi connectivity index (χ1n) is 8.81. The van der Waals surface area contributed by atoms with Crippen molar-refractivity contribution in [2.24, 2.45) is 0 Å². The predicted octanol–water partition coefficient (Wildman–Crippen LogP) is 3.38. The zero-order chi connectivity index (χ0) is 17.2. The molecule has 2 aliphatic heterocycles. The van der Waals surface area contributed by atoms with Gasteiger partial charge in [-0.15, -0.1) is 0 Å². The van der Waals surface area contributed by atoms with Gasteiger partial charge in [-0.3, -0.25) is 0 Å². The van der Waals surface area contributed by atoms with Crippen molar-refractivity contribution in [3.05, 3.63) is 59.7 Å². The molecule has 4 rings (SSSR count). The fraction of sp³-hybridized carbons (Fsp3) is 0.350. The van der Waals surface area contributed by atoms with E-state index >= 15 is 0 Å². The summed E-state index contributed by atoms with van der Waals surface area (Å²) in [4.78, 5) is 15.0. The van der Waals surface area contributed by atoms with Crippen LogP contribution in [0.4, 0.5) is 10.5 Å². The van der Waals surface area contributed by atoms with Gasteiger partial charge in [0.15, 0.2) is 0 Å². The van der Waals surface area contributed by atoms with Crippen molar-refractivity contribution in [1.29, 1.82) is 0 Å². The number of hydrogen-bond acceptors (Lipinski definition) is 3. The van der Waals surface area contributed by atoms with Crippen LogP contribution in [0.2, 0.25) is 0 Å². The van der Waals surface area contributed by atoms with E-state index in [9.17, 15) is 4.79 Å². The first kappa shape index (κ1) is 16.0. The minimum absolute atomic E-state index is 0.0154. The molecule has 0 aliphatic carbocycles. The van der Waals surface area contributed by atoms with Gasteiger partial charge in [-0.1, -0.05) is 30.3 Å². The number of urea groups is 1. The number of rotatable bonds is 3. The lowest BCUT2D eigenvalue weighted by Crippen LogP contribution is -2.51. The molecule has 1 unspecified atom stereocenters. The summed E-state index contributed by atoms with van der Waals surface area (Å²) >= 11 is 0. The quantitative estimate of drug-likeness (QED) is 0.903. The molecule has 2 amide bonds. The highest BCUT2D eigenvalue weighted by Crippen LogP contribution is 2.40. The summed E-state index contributed by atoms with van der Waals surface area (Å²) in [6.45, 7) is 1.89. The summed E-state index contributed by atoms with van der Waals surface area (Å²) < 4.78 is 5.41. The van der Waals surface area contributed by atoms with Crippen LogP contribution in [0.5, 0.6) is 5.75 Å². The lowest BCUT2D eigenvalue weighted by atomic mass is 9.90. The number of ether oxygens (including phenoxy) is 1. The number of para-hydroxylation sites is 1. The van der Waals surface area contributed by atoms with Crippen LogP contribution in [0.25, 0.3) is 0 Å². The van der Waals surface area contributed by atoms with E-state index in [0.717, 1.165) is 48.5 Å². The van der Waals surface area contributed by atoms with Crippen LogP contribution < -0.4 is 15.4 Å². The van der Waals surface area contributed by atoms with Crippen molar-refractivity contribution in [1.82, 2.24) is 10.2 Å². The van der Waals surface area contributed by atoms with Gasteiger partial charge in [-0.05, 0) is 49.7 Å². The van der Waals surface area contributed by atoms with Gasteiger partial charge in [-0.25, -0.2) is 4.79 Å². The van der Waals surface area contributed by atoms with Gasteiger partial charge in [-0.2, -0.15) is 0 Å². The second-order valence-electron chi connectivity index (χ2n) is 6.58. The number of nitrogens with zero attached hydrogens (tertiary/aromatic N) is 1. The van der Waals surface area contributed by atoms with Gasteiger partial charge in [0.25, 0.3) is 0 Å². The van der Waals surface area contributed by atoms with E-state index in [0.29, 0.717) is 0 Å². The van der Waals surface area contributed by atoms with E-state index in [1.165, 1.54) is 0 Å². The maximum atomic E-state index is 13.0. The monoisotopic (exact) mass is 337 g/mol. The minimum Gasteiger partial charge on any atom is -0.497 e. The van der Waals surface area contributed by atoms with Crippen LogP contribution in [-0.2, 0) is 0 Å². The number of benzene rings is 2. The Labute approximate surface area is 148 Å². The van der Waals surface area contributed by atoms with Gasteiger partial charge in [0, 0.05) is 17.3 Å². The molecule has 0 aromatic heterocycles. The molecule has 5 nitrogen and oxygen atoms in total. The highest BCUT2D eigenvalue weighted by Gasteiger charge is 2.38. The smallest absolute Gasteiger partial charge is 0.322 e. The van der Waals surface area contributed by atoms with Crippen molar-refractivity contribution >= 4 is 11.7 Å². The summed E-state index contributed by atoms with van der Waals surface area (Å²) in [6, 6.07) is 16.2. The number of carbonyl (C=O) groups excluding carboxylic acids is 1. The molecule has 25 heavy (non-hydrogen) atoms. The number of piperidine rings is 1. The van der Waals surface area contributed by atoms with E-state index < -0.39 is 0 Å². The van der Waals surface area contributed by atoms with Crippen LogP contribution in [0.3, 0.4) is 0 Å². The minimum atomic E-state index is -0.0943. The molecular weight excluding hydrogens is 314 g/mol. The highest BCUT2D eigenvalue weighted by molar-refractivity contribution is 5.94. The zero-order valence-electron chi connectivity index (χ0n) is 14.4. The summed E-state index contributed by atoms with van der Waals surface area (Å²) in [5.41, 5.74) is 3.11. The molecule has 1 saturated heterocycles. The van der Waals surface area contributed by atoms with E-state index in [1.54, 1.807) is 7.11 Å². The molecular formula is C20H23N3O2. The van der Waals surface area contributed by atoms with Gasteiger partial charge < -0.3 is 20.3 Å². The molecule has 0 saturated carbocycles. The molecule has 2 aromatic rings. The van der Waals surface area contributed by atoms with Gasteiger partial charge in [0.05, 0.1) is 13.2 Å². The van der Waals surface area contributed by atoms with E-state index in [4.69, 9.17) is 4.74 Å². The zero-order valence-corrected chi connectivity index (χ0v) is 14.4. The van der Waals surface area contributed by atoms with Gasteiger partial charge in [0.2, 0.25) is 0 Å². The van der Waals surface area contributed by atoms with Crippen molar-refractivity contribution < 1.29 is 9.53 Å². The summed E-state index contributed by atoms with van der Waals surface area (Å²) in [7, 11) is 1.67. The van der Waals surface area contributed by atoms with Gasteiger partial charge >= 0.3 is 6.03 Å². The van der Waals surface area contributed by atoms with Crippen molar-refractivity contribution in [2.45, 2.75) is 24.9 Å². The number of nitrogens with one attached hydrogen (secondary N) is 2. The van der Waals surface area contributed by atoms with Crippen LogP contribution in [0, 0.1) is 0 Å². The topological polar surface area (TPSA) is 53.6 Å². The molecule has 2 aliphatic rings. The molecule has 2 heterocycles. The van der Waals surface area contributed by atoms with Crippen molar-refractivity contribution in [2.75, 3.05) is 25.5 Å². The van der Waals surface area contributed by atoms with E-state index in [-0.39, 0.29) is 18.1 Å². The van der Waals surface area contributed by atoms with Crippen LogP contribution >= 0.6 is 0 Å². The number of anilines is 1. The third kappa shape index (κ3) is 2.96. The number of hydrogen-bond donors (Lipinski definition) is 2. The normalized spacial score (nSPS) is 20.8. The number of amides is 2. The number of methoxy groups -OCH3 is 1. The molecule has 2 N–H and O–H groups in total. The highest BCUT2D eigenvalue weighted by atomic mass is 16.5. The Morgan fingerprint density at radius 3 is 2.68 bits per heavy atom. The second kappa shape index (κ2) is 6.76. The summed E-state index contributed by atoms with van der Waals surface area (Å²) in [6.07, 6.45) is 1.94. The first-order valence-corrected chi connectivity index (χ1v) is 8.81. The Balaban J connectivity index is 1.82. The summed E-state index contributed by atoms with van der Waals surface area (Å²) in [5, 5.41) is 6.45. The lowest BCUT2D eigenvalue weighted by Gasteiger charge is -2.44. The third-order valence-electron chi connectivity index (χ3n) is 5.12. The van der Waals surface area contributed by atoms with Crippen LogP contribution in [-0.4, -0.2) is 37.2 Å². The Morgan fingerprint density at radius 1 is 1.08 bits per heavy atom. The molecule has 1 atom stereocenters. The molecule has 5 heteroatoms. The number of carbonyl (C=O) groups is 1. The lowest BCUT2D eigenvalue weighted by molar-refractivity contribution is 0.146. The summed E-state index contributed by atoms with van der Waals surface area (Å²) in [5.74, 6) is 0.811. The third-order valence-corrected chi connectivity index (χ3v) is 5.12. The maximum Gasteiger partial charge on any atom is 0.322 e. The molecule has 0 radical (unpaired) electrons. The molecule has 0 spiro atoms. The molecule has 2 aromatic carbocycles. The molecule has 1 fully saturated rings. The Bertz CT molecular complexity index is 771. The van der Waals surface area contributed by atoms with E-state index in [2.05, 4.69) is 22.8 Å². The van der Waals surface area contributed by atoms with Crippen LogP contribution in [0.1, 0.15) is 30.0 Å².